The molecular formula is C15H30N2. The number of nitrogens with zero attached hydrogens (tertiary/aromatic N) is 1. The van der Waals surface area contributed by atoms with Gasteiger partial charge in [-0.1, -0.05) is 25.7 Å². The van der Waals surface area contributed by atoms with Crippen molar-refractivity contribution in [2.45, 2.75) is 76.8 Å². The van der Waals surface area contributed by atoms with Crippen LogP contribution in [0.15, 0.2) is 0 Å². The zero-order valence-electron chi connectivity index (χ0n) is 11.8. The predicted octanol–water partition coefficient (Wildman–Crippen LogP) is 3.16. The molecule has 0 spiro atoms. The number of nitrogens with two attached hydrogens (primary N) is 1. The molecule has 0 aromatic rings. The second-order valence-electron chi connectivity index (χ2n) is 6.66. The highest BCUT2D eigenvalue weighted by molar-refractivity contribution is 4.95. The summed E-state index contributed by atoms with van der Waals surface area (Å²) in [5, 5.41) is 0. The van der Waals surface area contributed by atoms with Crippen molar-refractivity contribution in [2.24, 2.45) is 11.7 Å². The molecule has 1 heterocycles. The fourth-order valence-corrected chi connectivity index (χ4v) is 4.01. The molecule has 0 radical (unpaired) electrons. The maximum Gasteiger partial charge on any atom is 0.0251 e. The molecule has 2 aliphatic rings. The van der Waals surface area contributed by atoms with Crippen LogP contribution in [0.4, 0.5) is 0 Å². The number of likely N-dealkylation sites (tertiary alicyclic amines) is 1. The van der Waals surface area contributed by atoms with Crippen molar-refractivity contribution in [3.8, 4) is 0 Å². The standard InChI is InChI=1S/C15H30N2/c1-15(2)10-7-11-17(15)14(12-16)13-8-5-3-4-6-9-13/h13-14H,3-12,16H2,1-2H3. The largest absolute Gasteiger partial charge is 0.329 e. The van der Waals surface area contributed by atoms with E-state index in [1.165, 1.54) is 57.9 Å². The van der Waals surface area contributed by atoms with Crippen molar-refractivity contribution < 1.29 is 0 Å². The first-order valence-corrected chi connectivity index (χ1v) is 7.62. The van der Waals surface area contributed by atoms with Crippen LogP contribution in [0.25, 0.3) is 0 Å². The highest BCUT2D eigenvalue weighted by Crippen LogP contribution is 2.36. The third kappa shape index (κ3) is 3.03. The second kappa shape index (κ2) is 5.71. The van der Waals surface area contributed by atoms with Crippen molar-refractivity contribution in [1.29, 1.82) is 0 Å². The number of hydrogen-bond acceptors (Lipinski definition) is 2. The minimum absolute atomic E-state index is 0.385. The monoisotopic (exact) mass is 238 g/mol. The van der Waals surface area contributed by atoms with E-state index in [0.717, 1.165) is 12.5 Å². The van der Waals surface area contributed by atoms with Crippen LogP contribution in [0.5, 0.6) is 0 Å². The molecule has 2 N–H and O–H groups in total. The van der Waals surface area contributed by atoms with Crippen molar-refractivity contribution in [1.82, 2.24) is 4.90 Å². The molecule has 0 aromatic carbocycles. The summed E-state index contributed by atoms with van der Waals surface area (Å²) in [5.74, 6) is 0.861. The van der Waals surface area contributed by atoms with Crippen molar-refractivity contribution in [2.75, 3.05) is 13.1 Å². The number of hydrogen-bond donors (Lipinski definition) is 1. The van der Waals surface area contributed by atoms with Crippen molar-refractivity contribution >= 4 is 0 Å². The first-order valence-electron chi connectivity index (χ1n) is 7.62. The first-order chi connectivity index (χ1) is 8.15. The van der Waals surface area contributed by atoms with E-state index in [1.807, 2.05) is 0 Å². The summed E-state index contributed by atoms with van der Waals surface area (Å²) >= 11 is 0. The highest BCUT2D eigenvalue weighted by atomic mass is 15.2. The van der Waals surface area contributed by atoms with E-state index in [0.29, 0.717) is 11.6 Å². The van der Waals surface area contributed by atoms with Gasteiger partial charge in [-0.25, -0.2) is 0 Å². The lowest BCUT2D eigenvalue weighted by molar-refractivity contribution is 0.0750. The molecule has 1 saturated heterocycles. The molecule has 2 nitrogen and oxygen atoms in total. The molecule has 1 unspecified atom stereocenters. The summed E-state index contributed by atoms with van der Waals surface area (Å²) in [6.45, 7) is 6.93. The van der Waals surface area contributed by atoms with Crippen molar-refractivity contribution in [3.63, 3.8) is 0 Å². The zero-order valence-corrected chi connectivity index (χ0v) is 11.8. The zero-order chi connectivity index (χ0) is 12.3. The molecule has 0 amide bonds. The van der Waals surface area contributed by atoms with E-state index >= 15 is 0 Å². The van der Waals surface area contributed by atoms with Gasteiger partial charge in [-0.2, -0.15) is 0 Å². The van der Waals surface area contributed by atoms with E-state index in [1.54, 1.807) is 0 Å². The smallest absolute Gasteiger partial charge is 0.0251 e. The molecule has 1 aliphatic heterocycles. The van der Waals surface area contributed by atoms with Crippen LogP contribution in [0.3, 0.4) is 0 Å². The highest BCUT2D eigenvalue weighted by Gasteiger charge is 2.39. The molecule has 0 bridgehead atoms. The second-order valence-corrected chi connectivity index (χ2v) is 6.66. The fourth-order valence-electron chi connectivity index (χ4n) is 4.01. The Morgan fingerprint density at radius 1 is 1.12 bits per heavy atom. The summed E-state index contributed by atoms with van der Waals surface area (Å²) < 4.78 is 0. The lowest BCUT2D eigenvalue weighted by Gasteiger charge is -2.42. The molecule has 2 heteroatoms. The first kappa shape index (κ1) is 13.4. The van der Waals surface area contributed by atoms with Gasteiger partial charge in [-0.05, 0) is 52.0 Å². The van der Waals surface area contributed by atoms with Gasteiger partial charge < -0.3 is 5.73 Å². The third-order valence-electron chi connectivity index (χ3n) is 5.05. The van der Waals surface area contributed by atoms with Gasteiger partial charge in [0, 0.05) is 18.1 Å². The quantitative estimate of drug-likeness (QED) is 0.765. The summed E-state index contributed by atoms with van der Waals surface area (Å²) in [7, 11) is 0. The molecule has 100 valence electrons. The normalized spacial score (nSPS) is 29.1. The molecule has 2 rings (SSSR count). The van der Waals surface area contributed by atoms with Crippen LogP contribution in [0.2, 0.25) is 0 Å². The summed E-state index contributed by atoms with van der Waals surface area (Å²) in [6, 6.07) is 0.644. The van der Waals surface area contributed by atoms with E-state index in [9.17, 15) is 0 Å². The molecular weight excluding hydrogens is 208 g/mol. The topological polar surface area (TPSA) is 29.3 Å². The Balaban J connectivity index is 2.03. The summed E-state index contributed by atoms with van der Waals surface area (Å²) in [5.41, 5.74) is 6.50. The van der Waals surface area contributed by atoms with E-state index in [2.05, 4.69) is 18.7 Å². The summed E-state index contributed by atoms with van der Waals surface area (Å²) in [6.07, 6.45) is 11.3. The average Bonchev–Trinajstić information content (AvgIpc) is 2.55. The summed E-state index contributed by atoms with van der Waals surface area (Å²) in [4.78, 5) is 2.73. The van der Waals surface area contributed by atoms with Gasteiger partial charge in [-0.15, -0.1) is 0 Å². The van der Waals surface area contributed by atoms with E-state index in [4.69, 9.17) is 5.73 Å². The molecule has 1 aliphatic carbocycles. The Morgan fingerprint density at radius 3 is 2.24 bits per heavy atom. The average molecular weight is 238 g/mol. The van der Waals surface area contributed by atoms with Gasteiger partial charge in [0.2, 0.25) is 0 Å². The van der Waals surface area contributed by atoms with Gasteiger partial charge in [0.05, 0.1) is 0 Å². The Bertz CT molecular complexity index is 229. The lowest BCUT2D eigenvalue weighted by Crippen LogP contribution is -2.52. The minimum Gasteiger partial charge on any atom is -0.329 e. The Labute approximate surface area is 107 Å². The van der Waals surface area contributed by atoms with Crippen LogP contribution in [0.1, 0.15) is 65.2 Å². The van der Waals surface area contributed by atoms with Crippen LogP contribution in [0, 0.1) is 5.92 Å². The number of rotatable bonds is 3. The van der Waals surface area contributed by atoms with E-state index in [-0.39, 0.29) is 0 Å². The van der Waals surface area contributed by atoms with Crippen LogP contribution < -0.4 is 5.73 Å². The Kier molecular flexibility index (Phi) is 4.48. The molecule has 0 aromatic heterocycles. The minimum atomic E-state index is 0.385. The molecule has 1 saturated carbocycles. The van der Waals surface area contributed by atoms with Gasteiger partial charge in [0.25, 0.3) is 0 Å². The maximum atomic E-state index is 6.11. The molecule has 2 fully saturated rings. The van der Waals surface area contributed by atoms with Gasteiger partial charge in [-0.3, -0.25) is 4.90 Å². The Hall–Kier alpha value is -0.0800. The Morgan fingerprint density at radius 2 is 1.76 bits per heavy atom. The van der Waals surface area contributed by atoms with Crippen molar-refractivity contribution in [3.05, 3.63) is 0 Å². The van der Waals surface area contributed by atoms with Crippen LogP contribution in [-0.4, -0.2) is 29.6 Å². The maximum absolute atomic E-state index is 6.11. The fraction of sp³-hybridized carbons (Fsp3) is 1.00. The SMILES string of the molecule is CC1(C)CCCN1C(CN)C1CCCCCC1. The van der Waals surface area contributed by atoms with Crippen LogP contribution >= 0.6 is 0 Å². The van der Waals surface area contributed by atoms with E-state index < -0.39 is 0 Å². The van der Waals surface area contributed by atoms with Gasteiger partial charge in [0.15, 0.2) is 0 Å². The lowest BCUT2D eigenvalue weighted by atomic mass is 9.88. The molecule has 1 atom stereocenters. The predicted molar refractivity (Wildman–Crippen MR) is 74.1 cm³/mol. The van der Waals surface area contributed by atoms with Gasteiger partial charge in [0.1, 0.15) is 0 Å². The molecule has 17 heavy (non-hydrogen) atoms. The van der Waals surface area contributed by atoms with Crippen LogP contribution in [-0.2, 0) is 0 Å². The van der Waals surface area contributed by atoms with Gasteiger partial charge >= 0.3 is 0 Å². The third-order valence-corrected chi connectivity index (χ3v) is 5.05.